The number of ether oxygens (including phenoxy) is 1. The SMILES string of the molecule is COC(=CCP(=O)(O)O)O[Si](C)(C)C. The normalized spacial score (nSPS) is 14.0. The standard InChI is InChI=1S/C7H17O5PSi/c1-11-7(12-14(2,3)4)5-6-13(8,9)10/h5H,6H2,1-4H3,(H2,8,9,10). The Labute approximate surface area is 85.0 Å². The molecule has 0 amide bonds. The van der Waals surface area contributed by atoms with Crippen LogP contribution in [0.5, 0.6) is 0 Å². The summed E-state index contributed by atoms with van der Waals surface area (Å²) in [6.07, 6.45) is 0.916. The Bertz CT molecular complexity index is 251. The average molecular weight is 240 g/mol. The Morgan fingerprint density at radius 2 is 1.93 bits per heavy atom. The summed E-state index contributed by atoms with van der Waals surface area (Å²) >= 11 is 0. The van der Waals surface area contributed by atoms with Gasteiger partial charge in [-0.25, -0.2) is 0 Å². The van der Waals surface area contributed by atoms with E-state index in [2.05, 4.69) is 0 Å². The van der Waals surface area contributed by atoms with Gasteiger partial charge in [-0.1, -0.05) is 0 Å². The second kappa shape index (κ2) is 4.98. The summed E-state index contributed by atoms with van der Waals surface area (Å²) < 4.78 is 20.8. The molecule has 0 unspecified atom stereocenters. The summed E-state index contributed by atoms with van der Waals surface area (Å²) in [6.45, 7) is 5.87. The minimum absolute atomic E-state index is 0.187. The van der Waals surface area contributed by atoms with Crippen molar-refractivity contribution in [2.24, 2.45) is 0 Å². The van der Waals surface area contributed by atoms with Gasteiger partial charge in [0.15, 0.2) is 0 Å². The zero-order chi connectivity index (χ0) is 11.4. The van der Waals surface area contributed by atoms with Gasteiger partial charge in [0.25, 0.3) is 5.95 Å². The lowest BCUT2D eigenvalue weighted by Crippen LogP contribution is -2.25. The molecule has 0 saturated heterocycles. The molecule has 0 aliphatic heterocycles. The van der Waals surface area contributed by atoms with E-state index in [0.717, 1.165) is 0 Å². The first-order chi connectivity index (χ1) is 6.14. The van der Waals surface area contributed by atoms with Gasteiger partial charge in [0, 0.05) is 6.08 Å². The van der Waals surface area contributed by atoms with Gasteiger partial charge in [-0.15, -0.1) is 0 Å². The number of allylic oxidation sites excluding steroid dienone is 1. The molecule has 2 N–H and O–H groups in total. The molecule has 14 heavy (non-hydrogen) atoms. The molecule has 7 heteroatoms. The van der Waals surface area contributed by atoms with Gasteiger partial charge >= 0.3 is 7.60 Å². The molecule has 84 valence electrons. The van der Waals surface area contributed by atoms with E-state index in [9.17, 15) is 4.57 Å². The lowest BCUT2D eigenvalue weighted by Gasteiger charge is -2.20. The Kier molecular flexibility index (Phi) is 4.87. The van der Waals surface area contributed by atoms with Gasteiger partial charge in [0.1, 0.15) is 0 Å². The van der Waals surface area contributed by atoms with Crippen LogP contribution in [0.3, 0.4) is 0 Å². The fourth-order valence-corrected chi connectivity index (χ4v) is 1.82. The van der Waals surface area contributed by atoms with Gasteiger partial charge < -0.3 is 18.9 Å². The van der Waals surface area contributed by atoms with Gasteiger partial charge in [-0.05, 0) is 19.6 Å². The van der Waals surface area contributed by atoms with Crippen molar-refractivity contribution in [1.29, 1.82) is 0 Å². The first-order valence-electron chi connectivity index (χ1n) is 4.12. The molecule has 0 heterocycles. The molecule has 0 aromatic heterocycles. The van der Waals surface area contributed by atoms with Crippen molar-refractivity contribution in [2.75, 3.05) is 13.3 Å². The molecule has 0 rings (SSSR count). The predicted molar refractivity (Wildman–Crippen MR) is 56.4 cm³/mol. The second-order valence-electron chi connectivity index (χ2n) is 3.79. The molecule has 0 aromatic carbocycles. The van der Waals surface area contributed by atoms with Crippen molar-refractivity contribution in [3.63, 3.8) is 0 Å². The Hall–Kier alpha value is -0.293. The molecule has 0 bridgehead atoms. The highest BCUT2D eigenvalue weighted by atomic mass is 31.2. The van der Waals surface area contributed by atoms with Gasteiger partial charge in [0.05, 0.1) is 13.3 Å². The zero-order valence-corrected chi connectivity index (χ0v) is 10.7. The topological polar surface area (TPSA) is 76.0 Å². The van der Waals surface area contributed by atoms with Gasteiger partial charge in [-0.3, -0.25) is 4.57 Å². The summed E-state index contributed by atoms with van der Waals surface area (Å²) in [5.74, 6) is 0.187. The third-order valence-corrected chi connectivity index (χ3v) is 2.58. The Morgan fingerprint density at radius 3 is 2.21 bits per heavy atom. The zero-order valence-electron chi connectivity index (χ0n) is 8.85. The van der Waals surface area contributed by atoms with Crippen LogP contribution < -0.4 is 0 Å². The van der Waals surface area contributed by atoms with Crippen LogP contribution in [0.1, 0.15) is 0 Å². The lowest BCUT2D eigenvalue weighted by atomic mass is 10.7. The summed E-state index contributed by atoms with van der Waals surface area (Å²) in [5.41, 5.74) is 0. The molecule has 0 spiro atoms. The van der Waals surface area contributed by atoms with E-state index in [1.165, 1.54) is 13.2 Å². The van der Waals surface area contributed by atoms with E-state index >= 15 is 0 Å². The molecule has 0 radical (unpaired) electrons. The van der Waals surface area contributed by atoms with Crippen molar-refractivity contribution in [3.05, 3.63) is 12.0 Å². The highest BCUT2D eigenvalue weighted by Gasteiger charge is 2.19. The summed E-state index contributed by atoms with van der Waals surface area (Å²) in [6, 6.07) is 0. The van der Waals surface area contributed by atoms with Crippen LogP contribution >= 0.6 is 7.60 Å². The van der Waals surface area contributed by atoms with Crippen LogP contribution in [-0.4, -0.2) is 31.4 Å². The Balaban J connectivity index is 4.35. The largest absolute Gasteiger partial charge is 0.520 e. The van der Waals surface area contributed by atoms with Crippen LogP contribution in [0, 0.1) is 0 Å². The smallest absolute Gasteiger partial charge is 0.329 e. The summed E-state index contributed by atoms with van der Waals surface area (Å²) in [5, 5.41) is 0. The van der Waals surface area contributed by atoms with Gasteiger partial charge in [-0.2, -0.15) is 0 Å². The average Bonchev–Trinajstić information content (AvgIpc) is 1.94. The Morgan fingerprint density at radius 1 is 1.43 bits per heavy atom. The van der Waals surface area contributed by atoms with Crippen molar-refractivity contribution >= 4 is 15.9 Å². The number of rotatable bonds is 5. The van der Waals surface area contributed by atoms with Crippen molar-refractivity contribution in [2.45, 2.75) is 19.6 Å². The molecule has 5 nitrogen and oxygen atoms in total. The number of hydrogen-bond donors (Lipinski definition) is 2. The van der Waals surface area contributed by atoms with E-state index < -0.39 is 15.9 Å². The van der Waals surface area contributed by atoms with E-state index in [4.69, 9.17) is 18.9 Å². The molecule has 0 fully saturated rings. The third-order valence-electron chi connectivity index (χ3n) is 1.10. The minimum Gasteiger partial charge on any atom is -0.520 e. The van der Waals surface area contributed by atoms with E-state index in [0.29, 0.717) is 0 Å². The second-order valence-corrected chi connectivity index (χ2v) is 9.91. The van der Waals surface area contributed by atoms with Crippen LogP contribution in [0.25, 0.3) is 0 Å². The van der Waals surface area contributed by atoms with E-state index in [-0.39, 0.29) is 12.1 Å². The third kappa shape index (κ3) is 8.31. The molecule has 0 saturated carbocycles. The van der Waals surface area contributed by atoms with Crippen LogP contribution in [0.15, 0.2) is 12.0 Å². The number of hydrogen-bond acceptors (Lipinski definition) is 3. The maximum atomic E-state index is 10.6. The maximum absolute atomic E-state index is 10.6. The maximum Gasteiger partial charge on any atom is 0.329 e. The summed E-state index contributed by atoms with van der Waals surface area (Å²) in [7, 11) is -4.39. The predicted octanol–water partition coefficient (Wildman–Crippen LogP) is 1.50. The highest BCUT2D eigenvalue weighted by molar-refractivity contribution is 7.51. The molecular weight excluding hydrogens is 223 g/mol. The fraction of sp³-hybridized carbons (Fsp3) is 0.714. The quantitative estimate of drug-likeness (QED) is 0.432. The highest BCUT2D eigenvalue weighted by Crippen LogP contribution is 2.34. The molecule has 0 aliphatic carbocycles. The molecular formula is C7H17O5PSi. The summed E-state index contributed by atoms with van der Waals surface area (Å²) in [4.78, 5) is 17.3. The van der Waals surface area contributed by atoms with Crippen molar-refractivity contribution in [3.8, 4) is 0 Å². The monoisotopic (exact) mass is 240 g/mol. The van der Waals surface area contributed by atoms with Crippen molar-refractivity contribution in [1.82, 2.24) is 0 Å². The molecule has 0 atom stereocenters. The van der Waals surface area contributed by atoms with Gasteiger partial charge in [0.2, 0.25) is 8.32 Å². The first-order valence-corrected chi connectivity index (χ1v) is 9.32. The van der Waals surface area contributed by atoms with Crippen LogP contribution in [0.4, 0.5) is 0 Å². The lowest BCUT2D eigenvalue weighted by molar-refractivity contribution is 0.146. The van der Waals surface area contributed by atoms with Crippen molar-refractivity contribution < 1.29 is 23.5 Å². The molecule has 0 aromatic rings. The van der Waals surface area contributed by atoms with Crippen LogP contribution in [-0.2, 0) is 13.7 Å². The van der Waals surface area contributed by atoms with E-state index in [1.54, 1.807) is 0 Å². The fourth-order valence-electron chi connectivity index (χ4n) is 0.662. The van der Waals surface area contributed by atoms with E-state index in [1.807, 2.05) is 19.6 Å². The number of methoxy groups -OCH3 is 1. The molecule has 0 aliphatic rings. The van der Waals surface area contributed by atoms with Crippen LogP contribution in [0.2, 0.25) is 19.6 Å². The first kappa shape index (κ1) is 13.7. The minimum atomic E-state index is -4.02.